The van der Waals surface area contributed by atoms with Crippen molar-refractivity contribution < 1.29 is 67.4 Å². The molecule has 9 N–H and O–H groups in total. The summed E-state index contributed by atoms with van der Waals surface area (Å²) in [7, 11) is -7.75. The number of benzene rings is 1. The van der Waals surface area contributed by atoms with E-state index in [9.17, 15) is 48.9 Å². The van der Waals surface area contributed by atoms with Gasteiger partial charge in [0.25, 0.3) is 5.66 Å². The third-order valence-electron chi connectivity index (χ3n) is 8.93. The molecule has 2 aliphatic rings. The Hall–Kier alpha value is -4.90. The van der Waals surface area contributed by atoms with Gasteiger partial charge in [-0.3, -0.25) is 18.5 Å². The number of hydrogen-bond acceptors (Lipinski definition) is 20. The van der Waals surface area contributed by atoms with Crippen LogP contribution in [0.5, 0.6) is 5.75 Å². The zero-order valence-electron chi connectivity index (χ0n) is 29.5. The summed E-state index contributed by atoms with van der Waals surface area (Å²) in [4.78, 5) is 82.9. The molecule has 0 spiro atoms. The van der Waals surface area contributed by atoms with Crippen LogP contribution in [0.15, 0.2) is 72.8 Å². The molecular formula is C32H38N8O15P2+2. The van der Waals surface area contributed by atoms with Crippen LogP contribution < -0.4 is 21.3 Å². The standard InChI is InChI=1S/C32H37N8O15P2/c1-2-3-5-20(42)38-21(31(45)54-25-18(12-41)52-29(23(25)43)40-15-37-22-27(33)35-14-36-28(22)40)16-6-8-17(9-7-16)55-56(47)26-19(13-51-57(48,49)50)53-30(24(26)44)39-11-4-10-34-32(39)46/h2,4,6-11,14-15,18-19,21,23-26,29-30,41,43-44,48-50H,1,3,5,12-13H2,(H2-,33,35,36,38,42)/q+1/p+1/t18?,19-,21+,23-,24-,25-,26-,29-,30-/m1/s1. The van der Waals surface area contributed by atoms with E-state index >= 15 is 0 Å². The van der Waals surface area contributed by atoms with Crippen LogP contribution in [0.3, 0.4) is 0 Å². The third kappa shape index (κ3) is 9.30. The minimum absolute atomic E-state index is 0.0427. The average Bonchev–Trinajstić information content (AvgIpc) is 3.85. The lowest BCUT2D eigenvalue weighted by Crippen LogP contribution is -2.42. The van der Waals surface area contributed by atoms with Gasteiger partial charge >= 0.3 is 27.9 Å². The third-order valence-corrected chi connectivity index (χ3v) is 10.9. The number of carbonyl (C=O) groups excluding carboxylic acids is 2. The van der Waals surface area contributed by atoms with Crippen LogP contribution in [0.25, 0.3) is 11.2 Å². The number of nitrogens with zero attached hydrogens (tertiary/aromatic N) is 6. The first kappa shape index (κ1) is 41.7. The first-order valence-corrected chi connectivity index (χ1v) is 19.8. The number of amides is 1. The van der Waals surface area contributed by atoms with E-state index in [1.165, 1.54) is 66.0 Å². The van der Waals surface area contributed by atoms with Crippen molar-refractivity contribution >= 4 is 45.1 Å². The van der Waals surface area contributed by atoms with E-state index in [0.717, 1.165) is 4.57 Å². The Morgan fingerprint density at radius 1 is 1.05 bits per heavy atom. The maximum absolute atomic E-state index is 13.8. The monoisotopic (exact) mass is 836 g/mol. The summed E-state index contributed by atoms with van der Waals surface area (Å²) in [5, 5.41) is 35.1. The molecule has 2 saturated heterocycles. The predicted molar refractivity (Wildman–Crippen MR) is 193 cm³/mol. The van der Waals surface area contributed by atoms with Crippen molar-refractivity contribution in [1.82, 2.24) is 34.4 Å². The molecular weight excluding hydrogens is 798 g/mol. The molecule has 5 heterocycles. The number of nitrogen functional groups attached to an aromatic ring is 1. The normalized spacial score (nSPS) is 25.5. The van der Waals surface area contributed by atoms with Crippen LogP contribution in [0.2, 0.25) is 0 Å². The van der Waals surface area contributed by atoms with Crippen molar-refractivity contribution in [2.75, 3.05) is 18.9 Å². The van der Waals surface area contributed by atoms with Gasteiger partial charge in [0.2, 0.25) is 5.91 Å². The molecule has 304 valence electrons. The molecule has 2 aliphatic heterocycles. The Morgan fingerprint density at radius 3 is 2.46 bits per heavy atom. The summed E-state index contributed by atoms with van der Waals surface area (Å²) in [6.07, 6.45) is -3.31. The second-order valence-electron chi connectivity index (χ2n) is 12.7. The molecule has 1 aromatic carbocycles. The number of nitrogens with one attached hydrogen (secondary N) is 1. The highest BCUT2D eigenvalue weighted by Gasteiger charge is 2.59. The molecule has 6 rings (SSSR count). The highest BCUT2D eigenvalue weighted by molar-refractivity contribution is 7.53. The van der Waals surface area contributed by atoms with Crippen molar-refractivity contribution in [2.24, 2.45) is 0 Å². The minimum Gasteiger partial charge on any atom is -0.455 e. The zero-order chi connectivity index (χ0) is 41.0. The highest BCUT2D eigenvalue weighted by atomic mass is 31.2. The van der Waals surface area contributed by atoms with Gasteiger partial charge < -0.3 is 40.6 Å². The SMILES string of the molecule is C=CCCC(=O)N[C@H](C(=O)O[C@@H]1C(CO)O[C@@H](n2cnc3c(N)ncnc32)[C@@H]1O)c1ccc(O[P+](=O)[C@H]2[C@@H](O)[C@H](n3cccnc3=O)O[C@@H]2CO[P+](O)(O)O)cc1. The lowest BCUT2D eigenvalue weighted by molar-refractivity contribution is -0.160. The Kier molecular flexibility index (Phi) is 13.0. The van der Waals surface area contributed by atoms with Crippen LogP contribution in [-0.4, -0.2) is 120 Å². The van der Waals surface area contributed by atoms with E-state index in [-0.39, 0.29) is 41.1 Å². The maximum Gasteiger partial charge on any atom is 0.567 e. The molecule has 57 heavy (non-hydrogen) atoms. The summed E-state index contributed by atoms with van der Waals surface area (Å²) in [5.74, 6) is -1.60. The van der Waals surface area contributed by atoms with Crippen molar-refractivity contribution in [3.05, 3.63) is 84.1 Å². The molecule has 1 amide bonds. The Bertz CT molecular complexity index is 2150. The fourth-order valence-corrected chi connectivity index (χ4v) is 7.85. The molecule has 0 radical (unpaired) electrons. The summed E-state index contributed by atoms with van der Waals surface area (Å²) < 4.78 is 43.4. The number of aromatic nitrogens is 6. The van der Waals surface area contributed by atoms with Crippen LogP contribution in [-0.2, 0) is 32.9 Å². The van der Waals surface area contributed by atoms with Crippen molar-refractivity contribution in [2.45, 2.75) is 67.5 Å². The van der Waals surface area contributed by atoms with Gasteiger partial charge in [0, 0.05) is 18.8 Å². The minimum atomic E-state index is -4.79. The van der Waals surface area contributed by atoms with Gasteiger partial charge in [0.05, 0.1) is 12.9 Å². The second-order valence-corrected chi connectivity index (χ2v) is 15.3. The van der Waals surface area contributed by atoms with Crippen LogP contribution >= 0.6 is 16.2 Å². The summed E-state index contributed by atoms with van der Waals surface area (Å²) in [5.41, 5.74) is 4.18. The Balaban J connectivity index is 1.20. The molecule has 25 heteroatoms. The molecule has 2 unspecified atom stereocenters. The van der Waals surface area contributed by atoms with Gasteiger partial charge in [0.1, 0.15) is 36.8 Å². The summed E-state index contributed by atoms with van der Waals surface area (Å²) in [6, 6.07) is 5.16. The number of aliphatic hydroxyl groups excluding tert-OH is 3. The number of aliphatic hydroxyl groups is 3. The van der Waals surface area contributed by atoms with Gasteiger partial charge in [-0.1, -0.05) is 18.2 Å². The molecule has 0 aliphatic carbocycles. The fourth-order valence-electron chi connectivity index (χ4n) is 6.22. The fraction of sp³-hybridized carbons (Fsp3) is 0.406. The topological polar surface area (TPSA) is 335 Å². The number of fused-ring (bicyclic) bond motifs is 1. The first-order valence-electron chi connectivity index (χ1n) is 17.0. The van der Waals surface area contributed by atoms with Crippen molar-refractivity contribution in [3.63, 3.8) is 0 Å². The van der Waals surface area contributed by atoms with Gasteiger partial charge in [-0.2, -0.15) is 19.2 Å². The predicted octanol–water partition coefficient (Wildman–Crippen LogP) is -0.929. The van der Waals surface area contributed by atoms with Crippen molar-refractivity contribution in [3.8, 4) is 5.75 Å². The number of nitrogens with two attached hydrogens (primary N) is 1. The van der Waals surface area contributed by atoms with E-state index in [1.54, 1.807) is 0 Å². The van der Waals surface area contributed by atoms with Gasteiger partial charge in [-0.25, -0.2) is 29.5 Å². The van der Waals surface area contributed by atoms with E-state index in [1.807, 2.05) is 0 Å². The molecule has 10 atom stereocenters. The van der Waals surface area contributed by atoms with E-state index in [4.69, 9.17) is 24.5 Å². The summed E-state index contributed by atoms with van der Waals surface area (Å²) in [6.45, 7) is 2.14. The number of allylic oxidation sites excluding steroid dienone is 1. The van der Waals surface area contributed by atoms with Crippen molar-refractivity contribution in [1.29, 1.82) is 0 Å². The average molecular weight is 837 g/mol. The molecule has 3 aromatic heterocycles. The quantitative estimate of drug-likeness (QED) is 0.0384. The number of imidazole rings is 1. The van der Waals surface area contributed by atoms with Gasteiger partial charge in [-0.05, 0) is 34.7 Å². The zero-order valence-corrected chi connectivity index (χ0v) is 31.3. The number of anilines is 1. The smallest absolute Gasteiger partial charge is 0.455 e. The maximum atomic E-state index is 13.8. The number of carbonyl (C=O) groups is 2. The molecule has 0 saturated carbocycles. The largest absolute Gasteiger partial charge is 0.567 e. The van der Waals surface area contributed by atoms with E-state index in [2.05, 4.69) is 36.4 Å². The lowest BCUT2D eigenvalue weighted by atomic mass is 10.1. The van der Waals surface area contributed by atoms with Crippen LogP contribution in [0, 0.1) is 0 Å². The molecule has 4 aromatic rings. The van der Waals surface area contributed by atoms with Crippen LogP contribution in [0.4, 0.5) is 5.82 Å². The summed E-state index contributed by atoms with van der Waals surface area (Å²) >= 11 is 0. The Morgan fingerprint density at radius 2 is 1.77 bits per heavy atom. The van der Waals surface area contributed by atoms with Gasteiger partial charge in [0.15, 0.2) is 47.9 Å². The number of rotatable bonds is 16. The second kappa shape index (κ2) is 17.7. The number of esters is 1. The molecule has 23 nitrogen and oxygen atoms in total. The molecule has 0 bridgehead atoms. The van der Waals surface area contributed by atoms with E-state index in [0.29, 0.717) is 0 Å². The highest BCUT2D eigenvalue weighted by Crippen LogP contribution is 2.49. The molecule has 2 fully saturated rings. The Labute approximate surface area is 322 Å². The first-order chi connectivity index (χ1) is 27.2. The number of hydrogen-bond donors (Lipinski definition) is 8. The lowest BCUT2D eigenvalue weighted by Gasteiger charge is -2.24. The van der Waals surface area contributed by atoms with E-state index < -0.39 is 102 Å². The van der Waals surface area contributed by atoms with Gasteiger partial charge in [-0.15, -0.1) is 6.58 Å². The van der Waals surface area contributed by atoms with Crippen LogP contribution in [0.1, 0.15) is 36.9 Å². The number of ether oxygens (including phenoxy) is 3.